The number of ether oxygens (including phenoxy) is 4. The van der Waals surface area contributed by atoms with E-state index in [1.165, 1.54) is 167 Å². The molecular weight excluding hydrogens is 1170 g/mol. The Hall–Kier alpha value is -1.94. The van der Waals surface area contributed by atoms with Crippen LogP contribution in [-0.2, 0) is 65.4 Å². The third-order valence-electron chi connectivity index (χ3n) is 16.2. The van der Waals surface area contributed by atoms with Gasteiger partial charge in [0.15, 0.2) is 12.2 Å². The first-order valence-corrected chi connectivity index (χ1v) is 39.5. The minimum absolute atomic E-state index is 0.103. The van der Waals surface area contributed by atoms with Gasteiger partial charge in [-0.3, -0.25) is 37.3 Å². The molecule has 0 aliphatic heterocycles. The van der Waals surface area contributed by atoms with Crippen molar-refractivity contribution in [3.63, 3.8) is 0 Å². The molecular formula is C70H136O17P2. The summed E-state index contributed by atoms with van der Waals surface area (Å²) in [7, 11) is -9.90. The minimum Gasteiger partial charge on any atom is -0.462 e. The Bertz CT molecular complexity index is 1730. The number of phosphoric acid groups is 2. The smallest absolute Gasteiger partial charge is 0.462 e. The van der Waals surface area contributed by atoms with Gasteiger partial charge in [-0.1, -0.05) is 305 Å². The number of phosphoric ester groups is 2. The van der Waals surface area contributed by atoms with Crippen molar-refractivity contribution in [1.29, 1.82) is 0 Å². The minimum atomic E-state index is -4.95. The molecule has 0 aliphatic carbocycles. The van der Waals surface area contributed by atoms with E-state index in [2.05, 4.69) is 41.5 Å². The van der Waals surface area contributed by atoms with Crippen LogP contribution < -0.4 is 0 Å². The van der Waals surface area contributed by atoms with Crippen molar-refractivity contribution >= 4 is 39.5 Å². The number of hydrogen-bond acceptors (Lipinski definition) is 15. The average Bonchev–Trinajstić information content (AvgIpc) is 3.68. The molecule has 0 spiro atoms. The van der Waals surface area contributed by atoms with Gasteiger partial charge in [-0.25, -0.2) is 9.13 Å². The molecule has 0 aromatic carbocycles. The maximum absolute atomic E-state index is 13.0. The predicted molar refractivity (Wildman–Crippen MR) is 358 cm³/mol. The Kier molecular flexibility index (Phi) is 60.8. The van der Waals surface area contributed by atoms with Crippen molar-refractivity contribution in [2.24, 2.45) is 11.8 Å². The average molecular weight is 1310 g/mol. The van der Waals surface area contributed by atoms with Crippen LogP contribution in [0.15, 0.2) is 0 Å². The van der Waals surface area contributed by atoms with E-state index >= 15 is 0 Å². The van der Waals surface area contributed by atoms with E-state index in [-0.39, 0.29) is 25.7 Å². The predicted octanol–water partition coefficient (Wildman–Crippen LogP) is 20.0. The van der Waals surface area contributed by atoms with E-state index < -0.39 is 97.5 Å². The van der Waals surface area contributed by atoms with Crippen LogP contribution in [0, 0.1) is 11.8 Å². The number of hydrogen-bond donors (Lipinski definition) is 3. The van der Waals surface area contributed by atoms with E-state index in [1.807, 2.05) is 0 Å². The van der Waals surface area contributed by atoms with Gasteiger partial charge in [0, 0.05) is 25.7 Å². The van der Waals surface area contributed by atoms with Gasteiger partial charge in [0.05, 0.1) is 26.4 Å². The Labute approximate surface area is 543 Å². The molecule has 0 aromatic rings. The lowest BCUT2D eigenvalue weighted by Crippen LogP contribution is -2.30. The van der Waals surface area contributed by atoms with Crippen LogP contribution in [0.2, 0.25) is 0 Å². The maximum atomic E-state index is 13.0. The highest BCUT2D eigenvalue weighted by molar-refractivity contribution is 7.47. The first-order valence-electron chi connectivity index (χ1n) is 36.5. The van der Waals surface area contributed by atoms with Gasteiger partial charge in [0.25, 0.3) is 0 Å². The van der Waals surface area contributed by atoms with Gasteiger partial charge in [-0.05, 0) is 37.5 Å². The summed E-state index contributed by atoms with van der Waals surface area (Å²) in [6.07, 6.45) is 47.4. The van der Waals surface area contributed by atoms with Crippen LogP contribution in [0.4, 0.5) is 0 Å². The molecule has 19 heteroatoms. The zero-order chi connectivity index (χ0) is 65.7. The second-order valence-corrected chi connectivity index (χ2v) is 29.1. The monoisotopic (exact) mass is 1310 g/mol. The Morgan fingerprint density at radius 1 is 0.303 bits per heavy atom. The molecule has 0 heterocycles. The highest BCUT2D eigenvalue weighted by atomic mass is 31.2. The topological polar surface area (TPSA) is 237 Å². The van der Waals surface area contributed by atoms with Crippen molar-refractivity contribution in [2.45, 2.75) is 374 Å². The zero-order valence-electron chi connectivity index (χ0n) is 57.7. The Balaban J connectivity index is 5.21. The third kappa shape index (κ3) is 64.6. The Morgan fingerprint density at radius 2 is 0.517 bits per heavy atom. The van der Waals surface area contributed by atoms with Crippen LogP contribution in [0.5, 0.6) is 0 Å². The van der Waals surface area contributed by atoms with Gasteiger partial charge in [0.1, 0.15) is 19.3 Å². The maximum Gasteiger partial charge on any atom is 0.472 e. The molecule has 0 saturated carbocycles. The quantitative estimate of drug-likeness (QED) is 0.0222. The van der Waals surface area contributed by atoms with Crippen LogP contribution in [-0.4, -0.2) is 96.7 Å². The van der Waals surface area contributed by atoms with Crippen LogP contribution >= 0.6 is 15.6 Å². The highest BCUT2D eigenvalue weighted by Gasteiger charge is 2.30. The lowest BCUT2D eigenvalue weighted by Gasteiger charge is -2.21. The third-order valence-corrected chi connectivity index (χ3v) is 18.1. The highest BCUT2D eigenvalue weighted by Crippen LogP contribution is 2.45. The van der Waals surface area contributed by atoms with Crippen molar-refractivity contribution in [3.8, 4) is 0 Å². The molecule has 5 atom stereocenters. The van der Waals surface area contributed by atoms with Crippen LogP contribution in [0.3, 0.4) is 0 Å². The molecule has 0 aromatic heterocycles. The number of rotatable bonds is 69. The normalized spacial score (nSPS) is 14.1. The van der Waals surface area contributed by atoms with Gasteiger partial charge in [-0.15, -0.1) is 0 Å². The van der Waals surface area contributed by atoms with E-state index in [4.69, 9.17) is 37.0 Å². The van der Waals surface area contributed by atoms with Gasteiger partial charge in [-0.2, -0.15) is 0 Å². The Morgan fingerprint density at radius 3 is 0.764 bits per heavy atom. The van der Waals surface area contributed by atoms with E-state index in [0.29, 0.717) is 31.6 Å². The largest absolute Gasteiger partial charge is 0.472 e. The number of aliphatic hydroxyl groups excluding tert-OH is 1. The SMILES string of the molecule is CCCCCCCCCCCCCCCCCCCC(=O)O[C@H](COC(=O)CCCCCCCCCCCCCC(C)C)COP(=O)(O)OC[C@@H](O)COP(=O)(O)OC[C@@H](COC(=O)CCCCCCCCCC)OC(=O)CCCCCCCCCC(C)C. The number of unbranched alkanes of at least 4 members (excludes halogenated alkanes) is 39. The lowest BCUT2D eigenvalue weighted by atomic mass is 10.0. The summed E-state index contributed by atoms with van der Waals surface area (Å²) in [6.45, 7) is 9.46. The van der Waals surface area contributed by atoms with Crippen LogP contribution in [0.1, 0.15) is 356 Å². The van der Waals surface area contributed by atoms with Gasteiger partial charge >= 0.3 is 39.5 Å². The molecule has 0 bridgehead atoms. The summed E-state index contributed by atoms with van der Waals surface area (Å²) in [5.74, 6) is -0.661. The first-order chi connectivity index (χ1) is 42.9. The van der Waals surface area contributed by atoms with Crippen molar-refractivity contribution in [2.75, 3.05) is 39.6 Å². The molecule has 0 radical (unpaired) electrons. The molecule has 17 nitrogen and oxygen atoms in total. The number of aliphatic hydroxyl groups is 1. The summed E-state index contributed by atoms with van der Waals surface area (Å²) in [6, 6.07) is 0. The summed E-state index contributed by atoms with van der Waals surface area (Å²) in [4.78, 5) is 72.4. The fourth-order valence-corrected chi connectivity index (χ4v) is 12.2. The molecule has 2 unspecified atom stereocenters. The first kappa shape index (κ1) is 87.1. The lowest BCUT2D eigenvalue weighted by molar-refractivity contribution is -0.161. The molecule has 528 valence electrons. The zero-order valence-corrected chi connectivity index (χ0v) is 59.5. The summed E-state index contributed by atoms with van der Waals surface area (Å²) in [5.41, 5.74) is 0. The second kappa shape index (κ2) is 62.2. The summed E-state index contributed by atoms with van der Waals surface area (Å²) >= 11 is 0. The molecule has 89 heavy (non-hydrogen) atoms. The van der Waals surface area contributed by atoms with E-state index in [1.54, 1.807) is 0 Å². The molecule has 0 saturated heterocycles. The van der Waals surface area contributed by atoms with Crippen molar-refractivity contribution < 1.29 is 80.2 Å². The molecule has 0 fully saturated rings. The fourth-order valence-electron chi connectivity index (χ4n) is 10.6. The molecule has 0 aliphatic rings. The molecule has 3 N–H and O–H groups in total. The second-order valence-electron chi connectivity index (χ2n) is 26.2. The van der Waals surface area contributed by atoms with Crippen molar-refractivity contribution in [3.05, 3.63) is 0 Å². The fraction of sp³-hybridized carbons (Fsp3) is 0.943. The van der Waals surface area contributed by atoms with Crippen molar-refractivity contribution in [1.82, 2.24) is 0 Å². The summed E-state index contributed by atoms with van der Waals surface area (Å²) < 4.78 is 68.2. The van der Waals surface area contributed by atoms with E-state index in [0.717, 1.165) is 102 Å². The summed E-state index contributed by atoms with van der Waals surface area (Å²) in [5, 5.41) is 10.6. The van der Waals surface area contributed by atoms with Gasteiger partial charge in [0.2, 0.25) is 0 Å². The standard InChI is InChI=1S/C70H136O17P2/c1-7-9-11-13-15-17-18-19-20-21-22-23-26-30-36-42-48-54-69(74)86-65(59-81-68(73)53-47-41-35-29-27-24-25-28-32-38-44-50-62(3)4)60-84-88(76,77)82-56-64(71)57-83-89(78,79)85-61-66(58-80-67(72)52-46-40-34-16-14-12-10-8-2)87-70(75)55-49-43-37-31-33-39-45-51-63(5)6/h62-66,71H,7-61H2,1-6H3,(H,76,77)(H,78,79)/t64-,65-,66-/m1/s1. The number of esters is 4. The molecule has 0 amide bonds. The number of carbonyl (C=O) groups is 4. The van der Waals surface area contributed by atoms with Gasteiger partial charge < -0.3 is 33.8 Å². The van der Waals surface area contributed by atoms with Crippen LogP contribution in [0.25, 0.3) is 0 Å². The number of carbonyl (C=O) groups excluding carboxylic acids is 4. The molecule has 0 rings (SSSR count). The van der Waals surface area contributed by atoms with E-state index in [9.17, 15) is 43.2 Å².